The third-order valence-electron chi connectivity index (χ3n) is 4.92. The number of thioether (sulfide) groups is 1. The lowest BCUT2D eigenvalue weighted by Gasteiger charge is -2.33. The van der Waals surface area contributed by atoms with E-state index in [1.807, 2.05) is 35.2 Å². The summed E-state index contributed by atoms with van der Waals surface area (Å²) < 4.78 is 0. The largest absolute Gasteiger partial charge is 0.354 e. The highest BCUT2D eigenvalue weighted by atomic mass is 35.5. The molecule has 2 aliphatic rings. The van der Waals surface area contributed by atoms with Gasteiger partial charge in [-0.1, -0.05) is 18.2 Å². The van der Waals surface area contributed by atoms with Crippen LogP contribution in [0.5, 0.6) is 0 Å². The molecule has 2 saturated heterocycles. The van der Waals surface area contributed by atoms with E-state index in [-0.39, 0.29) is 30.3 Å². The van der Waals surface area contributed by atoms with Crippen molar-refractivity contribution in [2.24, 2.45) is 5.92 Å². The maximum atomic E-state index is 12.5. The van der Waals surface area contributed by atoms with Gasteiger partial charge in [-0.3, -0.25) is 9.59 Å². The van der Waals surface area contributed by atoms with Gasteiger partial charge < -0.3 is 15.5 Å². The highest BCUT2D eigenvalue weighted by Crippen LogP contribution is 2.20. The summed E-state index contributed by atoms with van der Waals surface area (Å²) in [5.74, 6) is 1.16. The van der Waals surface area contributed by atoms with Crippen LogP contribution in [0.2, 0.25) is 0 Å². The Kier molecular flexibility index (Phi) is 8.75. The van der Waals surface area contributed by atoms with Crippen molar-refractivity contribution >= 4 is 36.0 Å². The number of amides is 2. The second-order valence-corrected chi connectivity index (χ2v) is 7.89. The van der Waals surface area contributed by atoms with Crippen molar-refractivity contribution in [3.8, 4) is 0 Å². The van der Waals surface area contributed by atoms with Gasteiger partial charge in [-0.15, -0.1) is 24.2 Å². The van der Waals surface area contributed by atoms with Gasteiger partial charge in [0.15, 0.2) is 0 Å². The van der Waals surface area contributed by atoms with Gasteiger partial charge in [-0.25, -0.2) is 0 Å². The summed E-state index contributed by atoms with van der Waals surface area (Å²) in [6.45, 7) is 3.20. The first-order valence-electron chi connectivity index (χ1n) is 9.19. The Balaban J connectivity index is 0.00000243. The zero-order chi connectivity index (χ0) is 17.5. The first kappa shape index (κ1) is 21.1. The number of likely N-dealkylation sites (tertiary alicyclic amines) is 1. The number of rotatable bonds is 6. The third-order valence-corrected chi connectivity index (χ3v) is 5.92. The molecule has 2 fully saturated rings. The zero-order valence-electron chi connectivity index (χ0n) is 15.0. The summed E-state index contributed by atoms with van der Waals surface area (Å²) in [6.07, 6.45) is 4.10. The number of nitrogens with one attached hydrogen (secondary N) is 2. The van der Waals surface area contributed by atoms with Crippen LogP contribution in [-0.2, 0) is 9.59 Å². The van der Waals surface area contributed by atoms with Gasteiger partial charge in [0.25, 0.3) is 0 Å². The smallest absolute Gasteiger partial charge is 0.237 e. The summed E-state index contributed by atoms with van der Waals surface area (Å²) in [5.41, 5.74) is 0. The minimum Gasteiger partial charge on any atom is -0.354 e. The standard InChI is InChI=1S/C19H27N3O2S.ClH/c23-18(14-25-16-7-2-1-3-8-16)22-11-5-6-15(13-22)12-21-19(24)17-9-4-10-20-17;/h1-3,7-8,15,17,20H,4-6,9-14H2,(H,21,24);1H. The number of nitrogens with zero attached hydrogens (tertiary/aromatic N) is 1. The Morgan fingerprint density at radius 2 is 2.00 bits per heavy atom. The molecule has 2 heterocycles. The van der Waals surface area contributed by atoms with E-state index in [1.54, 1.807) is 11.8 Å². The van der Waals surface area contributed by atoms with Crippen LogP contribution >= 0.6 is 24.2 Å². The van der Waals surface area contributed by atoms with Crippen LogP contribution in [0.25, 0.3) is 0 Å². The quantitative estimate of drug-likeness (QED) is 0.723. The molecule has 2 amide bonds. The molecule has 144 valence electrons. The molecule has 0 spiro atoms. The molecule has 26 heavy (non-hydrogen) atoms. The van der Waals surface area contributed by atoms with E-state index in [9.17, 15) is 9.59 Å². The number of carbonyl (C=O) groups is 2. The van der Waals surface area contributed by atoms with Gasteiger partial charge in [0.05, 0.1) is 11.8 Å². The van der Waals surface area contributed by atoms with Gasteiger partial charge in [0, 0.05) is 24.5 Å². The molecule has 0 radical (unpaired) electrons. The van der Waals surface area contributed by atoms with Gasteiger partial charge in [0.2, 0.25) is 11.8 Å². The second kappa shape index (κ2) is 10.8. The van der Waals surface area contributed by atoms with Crippen LogP contribution in [0.4, 0.5) is 0 Å². The fraction of sp³-hybridized carbons (Fsp3) is 0.579. The molecule has 2 N–H and O–H groups in total. The number of hydrogen-bond acceptors (Lipinski definition) is 4. The van der Waals surface area contributed by atoms with Crippen LogP contribution in [-0.4, -0.2) is 54.7 Å². The average Bonchev–Trinajstić information content (AvgIpc) is 3.20. The first-order valence-corrected chi connectivity index (χ1v) is 10.2. The van der Waals surface area contributed by atoms with Crippen molar-refractivity contribution < 1.29 is 9.59 Å². The van der Waals surface area contributed by atoms with Crippen LogP contribution < -0.4 is 10.6 Å². The topological polar surface area (TPSA) is 61.4 Å². The van der Waals surface area contributed by atoms with E-state index in [4.69, 9.17) is 0 Å². The Labute approximate surface area is 166 Å². The SMILES string of the molecule is Cl.O=C(NCC1CCCN(C(=O)CSc2ccccc2)C1)C1CCCN1. The van der Waals surface area contributed by atoms with Crippen LogP contribution in [0.15, 0.2) is 35.2 Å². The van der Waals surface area contributed by atoms with Gasteiger partial charge >= 0.3 is 0 Å². The summed E-state index contributed by atoms with van der Waals surface area (Å²) in [4.78, 5) is 27.7. The Morgan fingerprint density at radius 3 is 2.73 bits per heavy atom. The molecule has 0 saturated carbocycles. The molecule has 3 rings (SSSR count). The Morgan fingerprint density at radius 1 is 1.19 bits per heavy atom. The maximum Gasteiger partial charge on any atom is 0.237 e. The lowest BCUT2D eigenvalue weighted by Crippen LogP contribution is -2.47. The predicted octanol–water partition coefficient (Wildman–Crippen LogP) is 2.31. The summed E-state index contributed by atoms with van der Waals surface area (Å²) >= 11 is 1.59. The highest BCUT2D eigenvalue weighted by molar-refractivity contribution is 8.00. The van der Waals surface area contributed by atoms with E-state index in [2.05, 4.69) is 10.6 Å². The van der Waals surface area contributed by atoms with Crippen molar-refractivity contribution in [1.82, 2.24) is 15.5 Å². The van der Waals surface area contributed by atoms with Crippen molar-refractivity contribution in [3.63, 3.8) is 0 Å². The second-order valence-electron chi connectivity index (χ2n) is 6.84. The maximum absolute atomic E-state index is 12.5. The molecule has 0 aromatic heterocycles. The molecule has 7 heteroatoms. The van der Waals surface area contributed by atoms with E-state index < -0.39 is 0 Å². The van der Waals surface area contributed by atoms with Crippen LogP contribution in [0, 0.1) is 5.92 Å². The number of halogens is 1. The molecule has 2 atom stereocenters. The normalized spacial score (nSPS) is 22.5. The van der Waals surface area contributed by atoms with Crippen molar-refractivity contribution in [3.05, 3.63) is 30.3 Å². The fourth-order valence-electron chi connectivity index (χ4n) is 3.49. The minimum absolute atomic E-state index is 0. The van der Waals surface area contributed by atoms with E-state index in [1.165, 1.54) is 0 Å². The van der Waals surface area contributed by atoms with Crippen LogP contribution in [0.3, 0.4) is 0 Å². The highest BCUT2D eigenvalue weighted by Gasteiger charge is 2.26. The van der Waals surface area contributed by atoms with Gasteiger partial charge in [-0.05, 0) is 50.3 Å². The minimum atomic E-state index is -0.0244. The zero-order valence-corrected chi connectivity index (χ0v) is 16.6. The summed E-state index contributed by atoms with van der Waals surface area (Å²) in [7, 11) is 0. The molecule has 2 aliphatic heterocycles. The van der Waals surface area contributed by atoms with Crippen molar-refractivity contribution in [2.75, 3.05) is 31.9 Å². The van der Waals surface area contributed by atoms with E-state index >= 15 is 0 Å². The summed E-state index contributed by atoms with van der Waals surface area (Å²) in [5, 5.41) is 6.29. The lowest BCUT2D eigenvalue weighted by atomic mass is 9.98. The predicted molar refractivity (Wildman–Crippen MR) is 108 cm³/mol. The fourth-order valence-corrected chi connectivity index (χ4v) is 4.31. The van der Waals surface area contributed by atoms with Crippen molar-refractivity contribution in [1.29, 1.82) is 0 Å². The number of hydrogen-bond donors (Lipinski definition) is 2. The molecule has 0 bridgehead atoms. The molecular formula is C19H28ClN3O2S. The number of benzene rings is 1. The first-order chi connectivity index (χ1) is 12.2. The Bertz CT molecular complexity index is 581. The van der Waals surface area contributed by atoms with Gasteiger partial charge in [-0.2, -0.15) is 0 Å². The van der Waals surface area contributed by atoms with E-state index in [0.29, 0.717) is 18.2 Å². The molecule has 1 aromatic carbocycles. The Hall–Kier alpha value is -1.24. The summed E-state index contributed by atoms with van der Waals surface area (Å²) in [6, 6.07) is 10.0. The molecule has 0 aliphatic carbocycles. The van der Waals surface area contributed by atoms with Crippen molar-refractivity contribution in [2.45, 2.75) is 36.6 Å². The third kappa shape index (κ3) is 6.18. The van der Waals surface area contributed by atoms with E-state index in [0.717, 1.165) is 50.2 Å². The van der Waals surface area contributed by atoms with Gasteiger partial charge in [0.1, 0.15) is 0 Å². The molecule has 2 unspecified atom stereocenters. The molecule has 5 nitrogen and oxygen atoms in total. The monoisotopic (exact) mass is 397 g/mol. The molecule has 1 aromatic rings. The lowest BCUT2D eigenvalue weighted by molar-refractivity contribution is -0.130. The number of piperidine rings is 1. The van der Waals surface area contributed by atoms with Crippen LogP contribution in [0.1, 0.15) is 25.7 Å². The molecular weight excluding hydrogens is 370 g/mol. The number of carbonyl (C=O) groups excluding carboxylic acids is 2. The average molecular weight is 398 g/mol.